The van der Waals surface area contributed by atoms with Crippen molar-refractivity contribution in [2.45, 2.75) is 19.8 Å². The first kappa shape index (κ1) is 11.5. The summed E-state index contributed by atoms with van der Waals surface area (Å²) in [5.74, 6) is 6.62. The Hall–Kier alpha value is -2.02. The van der Waals surface area contributed by atoms with E-state index in [2.05, 4.69) is 35.9 Å². The standard InChI is InChI=1S/C13H16N4/c1-10(2)13-7-12(17(4)15-13)6-5-11-8-14-16(3)9-11/h7-10H,1-4H3. The summed E-state index contributed by atoms with van der Waals surface area (Å²) in [6.45, 7) is 4.25. The highest BCUT2D eigenvalue weighted by Crippen LogP contribution is 2.12. The highest BCUT2D eigenvalue weighted by atomic mass is 15.3. The van der Waals surface area contributed by atoms with Gasteiger partial charge in [0.25, 0.3) is 0 Å². The summed E-state index contributed by atoms with van der Waals surface area (Å²) in [5.41, 5.74) is 2.92. The second-order valence-corrected chi connectivity index (χ2v) is 4.39. The first-order chi connectivity index (χ1) is 8.06. The van der Waals surface area contributed by atoms with Gasteiger partial charge in [-0.25, -0.2) is 0 Å². The highest BCUT2D eigenvalue weighted by Gasteiger charge is 2.06. The molecular weight excluding hydrogens is 212 g/mol. The van der Waals surface area contributed by atoms with E-state index in [1.807, 2.05) is 31.0 Å². The van der Waals surface area contributed by atoms with Crippen LogP contribution >= 0.6 is 0 Å². The van der Waals surface area contributed by atoms with E-state index in [1.165, 1.54) is 0 Å². The predicted octanol–water partition coefficient (Wildman–Crippen LogP) is 1.68. The molecule has 2 aromatic rings. The molecule has 0 amide bonds. The van der Waals surface area contributed by atoms with Crippen molar-refractivity contribution in [3.63, 3.8) is 0 Å². The van der Waals surface area contributed by atoms with Gasteiger partial charge in [0, 0.05) is 20.3 Å². The molecular formula is C13H16N4. The van der Waals surface area contributed by atoms with Gasteiger partial charge >= 0.3 is 0 Å². The summed E-state index contributed by atoms with van der Waals surface area (Å²) < 4.78 is 3.56. The van der Waals surface area contributed by atoms with Gasteiger partial charge in [0.15, 0.2) is 0 Å². The van der Waals surface area contributed by atoms with Crippen molar-refractivity contribution in [1.82, 2.24) is 19.6 Å². The number of hydrogen-bond donors (Lipinski definition) is 0. The minimum Gasteiger partial charge on any atom is -0.275 e. The first-order valence-corrected chi connectivity index (χ1v) is 5.61. The number of aromatic nitrogens is 4. The van der Waals surface area contributed by atoms with Crippen LogP contribution in [0.15, 0.2) is 18.5 Å². The van der Waals surface area contributed by atoms with Crippen LogP contribution in [0.3, 0.4) is 0 Å². The third-order valence-electron chi connectivity index (χ3n) is 2.53. The molecule has 0 N–H and O–H groups in total. The Bertz CT molecular complexity index is 578. The quantitative estimate of drug-likeness (QED) is 0.696. The number of aryl methyl sites for hydroxylation is 2. The molecule has 2 aromatic heterocycles. The van der Waals surface area contributed by atoms with Crippen molar-refractivity contribution < 1.29 is 0 Å². The average Bonchev–Trinajstić information content (AvgIpc) is 2.82. The molecule has 17 heavy (non-hydrogen) atoms. The Morgan fingerprint density at radius 1 is 1.24 bits per heavy atom. The molecule has 0 aromatic carbocycles. The molecule has 0 aliphatic carbocycles. The van der Waals surface area contributed by atoms with Crippen molar-refractivity contribution in [2.24, 2.45) is 14.1 Å². The van der Waals surface area contributed by atoms with Crippen LogP contribution in [0.25, 0.3) is 0 Å². The van der Waals surface area contributed by atoms with Crippen LogP contribution in [0.2, 0.25) is 0 Å². The molecule has 0 fully saturated rings. The average molecular weight is 228 g/mol. The molecule has 88 valence electrons. The van der Waals surface area contributed by atoms with Crippen molar-refractivity contribution in [2.75, 3.05) is 0 Å². The molecule has 0 atom stereocenters. The maximum atomic E-state index is 4.42. The van der Waals surface area contributed by atoms with Gasteiger partial charge in [0.05, 0.1) is 17.5 Å². The number of rotatable bonds is 1. The van der Waals surface area contributed by atoms with Gasteiger partial charge in [-0.3, -0.25) is 9.36 Å². The molecule has 0 radical (unpaired) electrons. The zero-order chi connectivity index (χ0) is 12.4. The van der Waals surface area contributed by atoms with Crippen LogP contribution in [-0.4, -0.2) is 19.6 Å². The lowest BCUT2D eigenvalue weighted by Crippen LogP contribution is -1.95. The van der Waals surface area contributed by atoms with E-state index < -0.39 is 0 Å². The van der Waals surface area contributed by atoms with Gasteiger partial charge < -0.3 is 0 Å². The molecule has 4 heteroatoms. The van der Waals surface area contributed by atoms with Crippen molar-refractivity contribution >= 4 is 0 Å². The molecule has 0 saturated heterocycles. The van der Waals surface area contributed by atoms with Gasteiger partial charge in [-0.05, 0) is 17.9 Å². The number of hydrogen-bond acceptors (Lipinski definition) is 2. The second kappa shape index (κ2) is 4.46. The minimum absolute atomic E-state index is 0.426. The fourth-order valence-corrected chi connectivity index (χ4v) is 1.51. The summed E-state index contributed by atoms with van der Waals surface area (Å²) in [6.07, 6.45) is 3.65. The van der Waals surface area contributed by atoms with Crippen LogP contribution in [0, 0.1) is 11.8 Å². The van der Waals surface area contributed by atoms with Crippen LogP contribution < -0.4 is 0 Å². The van der Waals surface area contributed by atoms with Crippen molar-refractivity contribution in [1.29, 1.82) is 0 Å². The van der Waals surface area contributed by atoms with Crippen molar-refractivity contribution in [3.8, 4) is 11.8 Å². The lowest BCUT2D eigenvalue weighted by molar-refractivity contribution is 0.708. The van der Waals surface area contributed by atoms with Crippen LogP contribution in [-0.2, 0) is 14.1 Å². The maximum absolute atomic E-state index is 4.42. The molecule has 2 heterocycles. The lowest BCUT2D eigenvalue weighted by atomic mass is 10.1. The van der Waals surface area contributed by atoms with Gasteiger partial charge in [0.1, 0.15) is 5.69 Å². The van der Waals surface area contributed by atoms with Crippen LogP contribution in [0.5, 0.6) is 0 Å². The zero-order valence-corrected chi connectivity index (χ0v) is 10.6. The monoisotopic (exact) mass is 228 g/mol. The van der Waals surface area contributed by atoms with E-state index in [9.17, 15) is 0 Å². The van der Waals surface area contributed by atoms with E-state index in [1.54, 1.807) is 10.9 Å². The molecule has 0 aliphatic heterocycles. The zero-order valence-electron chi connectivity index (χ0n) is 10.6. The minimum atomic E-state index is 0.426. The summed E-state index contributed by atoms with van der Waals surface area (Å²) in [6, 6.07) is 2.04. The van der Waals surface area contributed by atoms with Gasteiger partial charge in [0.2, 0.25) is 0 Å². The fourth-order valence-electron chi connectivity index (χ4n) is 1.51. The molecule has 0 bridgehead atoms. The summed E-state index contributed by atoms with van der Waals surface area (Å²) >= 11 is 0. The van der Waals surface area contributed by atoms with E-state index in [4.69, 9.17) is 0 Å². The Labute approximate surface area is 101 Å². The Morgan fingerprint density at radius 2 is 2.00 bits per heavy atom. The molecule has 0 spiro atoms. The van der Waals surface area contributed by atoms with Crippen LogP contribution in [0.1, 0.15) is 36.7 Å². The Balaban J connectivity index is 2.27. The van der Waals surface area contributed by atoms with E-state index >= 15 is 0 Å². The maximum Gasteiger partial charge on any atom is 0.111 e. The van der Waals surface area contributed by atoms with Gasteiger partial charge in [-0.2, -0.15) is 10.2 Å². The molecule has 0 saturated carbocycles. The highest BCUT2D eigenvalue weighted by molar-refractivity contribution is 5.38. The lowest BCUT2D eigenvalue weighted by Gasteiger charge is -1.95. The summed E-state index contributed by atoms with van der Waals surface area (Å²) in [4.78, 5) is 0. The van der Waals surface area contributed by atoms with E-state index in [0.717, 1.165) is 17.0 Å². The second-order valence-electron chi connectivity index (χ2n) is 4.39. The Kier molecular flexibility index (Phi) is 3.01. The first-order valence-electron chi connectivity index (χ1n) is 5.61. The predicted molar refractivity (Wildman–Crippen MR) is 66.5 cm³/mol. The normalized spacial score (nSPS) is 10.4. The Morgan fingerprint density at radius 3 is 2.53 bits per heavy atom. The molecule has 2 rings (SSSR count). The molecule has 4 nitrogen and oxygen atoms in total. The molecule has 0 aliphatic rings. The third-order valence-corrected chi connectivity index (χ3v) is 2.53. The van der Waals surface area contributed by atoms with Crippen molar-refractivity contribution in [3.05, 3.63) is 35.4 Å². The third kappa shape index (κ3) is 2.56. The SMILES string of the molecule is CC(C)c1cc(C#Cc2cnn(C)c2)n(C)n1. The smallest absolute Gasteiger partial charge is 0.111 e. The van der Waals surface area contributed by atoms with Gasteiger partial charge in [-0.1, -0.05) is 19.8 Å². The summed E-state index contributed by atoms with van der Waals surface area (Å²) in [5, 5.41) is 8.50. The van der Waals surface area contributed by atoms with Gasteiger partial charge in [-0.15, -0.1) is 0 Å². The van der Waals surface area contributed by atoms with E-state index in [0.29, 0.717) is 5.92 Å². The van der Waals surface area contributed by atoms with Crippen LogP contribution in [0.4, 0.5) is 0 Å². The largest absolute Gasteiger partial charge is 0.275 e. The number of nitrogens with zero attached hydrogens (tertiary/aromatic N) is 4. The topological polar surface area (TPSA) is 35.6 Å². The molecule has 0 unspecified atom stereocenters. The van der Waals surface area contributed by atoms with E-state index in [-0.39, 0.29) is 0 Å². The summed E-state index contributed by atoms with van der Waals surface area (Å²) in [7, 11) is 3.80. The fraction of sp³-hybridized carbons (Fsp3) is 0.385.